The maximum Gasteiger partial charge on any atom is 0.272 e. The standard InChI is InChI=1S/C15H20N4O2/c1-11(20)18-6-8-19(9-7-18)15(21)14-5-4-13(10-16-14)17-12-2-3-12/h4-5,10,12,17H,2-3,6-9H2,1H3. The Morgan fingerprint density at radius 3 is 2.33 bits per heavy atom. The highest BCUT2D eigenvalue weighted by Crippen LogP contribution is 2.24. The molecule has 2 fully saturated rings. The molecule has 0 aromatic carbocycles. The molecule has 3 rings (SSSR count). The van der Waals surface area contributed by atoms with Crippen molar-refractivity contribution in [3.8, 4) is 0 Å². The quantitative estimate of drug-likeness (QED) is 0.899. The van der Waals surface area contributed by atoms with Gasteiger partial charge in [0.1, 0.15) is 5.69 Å². The van der Waals surface area contributed by atoms with Gasteiger partial charge in [-0.2, -0.15) is 0 Å². The number of piperazine rings is 1. The number of aromatic nitrogens is 1. The predicted molar refractivity (Wildman–Crippen MR) is 79.0 cm³/mol. The molecule has 0 radical (unpaired) electrons. The van der Waals surface area contributed by atoms with E-state index < -0.39 is 0 Å². The number of pyridine rings is 1. The third kappa shape index (κ3) is 3.32. The molecule has 1 saturated carbocycles. The fourth-order valence-electron chi connectivity index (χ4n) is 2.46. The Kier molecular flexibility index (Phi) is 3.77. The van der Waals surface area contributed by atoms with Crippen LogP contribution in [0.3, 0.4) is 0 Å². The van der Waals surface area contributed by atoms with Crippen LogP contribution in [0.1, 0.15) is 30.3 Å². The van der Waals surface area contributed by atoms with Crippen LogP contribution in [0.15, 0.2) is 18.3 Å². The summed E-state index contributed by atoms with van der Waals surface area (Å²) in [5.74, 6) is 0.00639. The molecule has 1 saturated heterocycles. The summed E-state index contributed by atoms with van der Waals surface area (Å²) in [5, 5.41) is 3.35. The van der Waals surface area contributed by atoms with Crippen LogP contribution in [-0.4, -0.2) is 58.8 Å². The van der Waals surface area contributed by atoms with E-state index >= 15 is 0 Å². The molecule has 0 atom stereocenters. The number of nitrogens with one attached hydrogen (secondary N) is 1. The predicted octanol–water partition coefficient (Wildman–Crippen LogP) is 0.960. The third-order valence-electron chi connectivity index (χ3n) is 3.94. The summed E-state index contributed by atoms with van der Waals surface area (Å²) in [6, 6.07) is 4.25. The van der Waals surface area contributed by atoms with Gasteiger partial charge in [-0.25, -0.2) is 4.98 Å². The highest BCUT2D eigenvalue weighted by atomic mass is 16.2. The molecule has 1 aliphatic heterocycles. The summed E-state index contributed by atoms with van der Waals surface area (Å²) in [4.78, 5) is 31.4. The Hall–Kier alpha value is -2.11. The van der Waals surface area contributed by atoms with Crippen molar-refractivity contribution in [2.45, 2.75) is 25.8 Å². The van der Waals surface area contributed by atoms with E-state index in [0.29, 0.717) is 37.9 Å². The summed E-state index contributed by atoms with van der Waals surface area (Å²) in [5.41, 5.74) is 1.43. The normalized spacial score (nSPS) is 18.5. The first-order valence-corrected chi connectivity index (χ1v) is 7.41. The van der Waals surface area contributed by atoms with Crippen molar-refractivity contribution in [3.63, 3.8) is 0 Å². The van der Waals surface area contributed by atoms with Crippen molar-refractivity contribution in [3.05, 3.63) is 24.0 Å². The molecule has 112 valence electrons. The number of nitrogens with zero attached hydrogens (tertiary/aromatic N) is 3. The molecule has 2 heterocycles. The minimum Gasteiger partial charge on any atom is -0.381 e. The molecule has 1 aliphatic carbocycles. The second kappa shape index (κ2) is 5.71. The number of anilines is 1. The smallest absolute Gasteiger partial charge is 0.272 e. The minimum absolute atomic E-state index is 0.0591. The van der Waals surface area contributed by atoms with Gasteiger partial charge in [-0.05, 0) is 25.0 Å². The van der Waals surface area contributed by atoms with Crippen molar-refractivity contribution < 1.29 is 9.59 Å². The van der Waals surface area contributed by atoms with E-state index in [1.165, 1.54) is 12.8 Å². The summed E-state index contributed by atoms with van der Waals surface area (Å²) in [6.45, 7) is 3.90. The van der Waals surface area contributed by atoms with Crippen molar-refractivity contribution >= 4 is 17.5 Å². The molecule has 1 aromatic rings. The summed E-state index contributed by atoms with van der Waals surface area (Å²) < 4.78 is 0. The van der Waals surface area contributed by atoms with E-state index in [9.17, 15) is 9.59 Å². The molecule has 2 aliphatic rings. The zero-order valence-electron chi connectivity index (χ0n) is 12.2. The van der Waals surface area contributed by atoms with E-state index in [2.05, 4.69) is 10.3 Å². The summed E-state index contributed by atoms with van der Waals surface area (Å²) in [6.07, 6.45) is 4.14. The van der Waals surface area contributed by atoms with Crippen molar-refractivity contribution in [2.24, 2.45) is 0 Å². The van der Waals surface area contributed by atoms with Gasteiger partial charge in [0.05, 0.1) is 11.9 Å². The number of carbonyl (C=O) groups is 2. The lowest BCUT2D eigenvalue weighted by Gasteiger charge is -2.34. The van der Waals surface area contributed by atoms with Gasteiger partial charge >= 0.3 is 0 Å². The van der Waals surface area contributed by atoms with Gasteiger partial charge in [0.15, 0.2) is 0 Å². The number of hydrogen-bond acceptors (Lipinski definition) is 4. The van der Waals surface area contributed by atoms with Gasteiger partial charge in [0.2, 0.25) is 5.91 Å². The first-order chi connectivity index (χ1) is 10.1. The second-order valence-corrected chi connectivity index (χ2v) is 5.65. The zero-order valence-corrected chi connectivity index (χ0v) is 12.2. The maximum atomic E-state index is 12.4. The Labute approximate surface area is 124 Å². The molecule has 6 heteroatoms. The largest absolute Gasteiger partial charge is 0.381 e. The third-order valence-corrected chi connectivity index (χ3v) is 3.94. The van der Waals surface area contributed by atoms with E-state index in [-0.39, 0.29) is 11.8 Å². The maximum absolute atomic E-state index is 12.4. The average Bonchev–Trinajstić information content (AvgIpc) is 3.31. The molecular weight excluding hydrogens is 268 g/mol. The van der Waals surface area contributed by atoms with Crippen molar-refractivity contribution in [2.75, 3.05) is 31.5 Å². The van der Waals surface area contributed by atoms with Gasteiger partial charge < -0.3 is 15.1 Å². The zero-order chi connectivity index (χ0) is 14.8. The van der Waals surface area contributed by atoms with E-state index in [4.69, 9.17) is 0 Å². The lowest BCUT2D eigenvalue weighted by molar-refractivity contribution is -0.130. The van der Waals surface area contributed by atoms with E-state index in [0.717, 1.165) is 5.69 Å². The molecule has 2 amide bonds. The monoisotopic (exact) mass is 288 g/mol. The van der Waals surface area contributed by atoms with Crippen LogP contribution in [0.2, 0.25) is 0 Å². The van der Waals surface area contributed by atoms with Crippen LogP contribution in [-0.2, 0) is 4.79 Å². The lowest BCUT2D eigenvalue weighted by atomic mass is 10.2. The molecule has 1 aromatic heterocycles. The van der Waals surface area contributed by atoms with Crippen LogP contribution in [0.25, 0.3) is 0 Å². The molecule has 6 nitrogen and oxygen atoms in total. The Bertz CT molecular complexity index is 531. The van der Waals surface area contributed by atoms with Crippen molar-refractivity contribution in [1.82, 2.24) is 14.8 Å². The topological polar surface area (TPSA) is 65.5 Å². The van der Waals surface area contributed by atoms with Crippen molar-refractivity contribution in [1.29, 1.82) is 0 Å². The van der Waals surface area contributed by atoms with Gasteiger partial charge in [0.25, 0.3) is 5.91 Å². The number of carbonyl (C=O) groups excluding carboxylic acids is 2. The summed E-state index contributed by atoms with van der Waals surface area (Å²) in [7, 11) is 0. The molecule has 1 N–H and O–H groups in total. The van der Waals surface area contributed by atoms with Gasteiger partial charge in [-0.3, -0.25) is 9.59 Å². The Balaban J connectivity index is 1.58. The van der Waals surface area contributed by atoms with E-state index in [1.54, 1.807) is 29.0 Å². The SMILES string of the molecule is CC(=O)N1CCN(C(=O)c2ccc(NC3CC3)cn2)CC1. The van der Waals surface area contributed by atoms with Gasteiger partial charge in [-0.1, -0.05) is 0 Å². The van der Waals surface area contributed by atoms with Gasteiger partial charge in [-0.15, -0.1) is 0 Å². The minimum atomic E-state index is -0.0591. The average molecular weight is 288 g/mol. The fraction of sp³-hybridized carbons (Fsp3) is 0.533. The summed E-state index contributed by atoms with van der Waals surface area (Å²) >= 11 is 0. The Morgan fingerprint density at radius 2 is 1.81 bits per heavy atom. The van der Waals surface area contributed by atoms with E-state index in [1.807, 2.05) is 6.07 Å². The van der Waals surface area contributed by atoms with Crippen LogP contribution in [0.5, 0.6) is 0 Å². The Morgan fingerprint density at radius 1 is 1.14 bits per heavy atom. The number of hydrogen-bond donors (Lipinski definition) is 1. The van der Waals surface area contributed by atoms with Crippen LogP contribution < -0.4 is 5.32 Å². The molecule has 21 heavy (non-hydrogen) atoms. The van der Waals surface area contributed by atoms with Crippen LogP contribution in [0, 0.1) is 0 Å². The first kappa shape index (κ1) is 13.9. The van der Waals surface area contributed by atoms with Crippen LogP contribution >= 0.6 is 0 Å². The highest BCUT2D eigenvalue weighted by molar-refractivity contribution is 5.92. The molecular formula is C15H20N4O2. The molecule has 0 spiro atoms. The highest BCUT2D eigenvalue weighted by Gasteiger charge is 2.24. The lowest BCUT2D eigenvalue weighted by Crippen LogP contribution is -2.50. The first-order valence-electron chi connectivity index (χ1n) is 7.41. The number of amides is 2. The number of rotatable bonds is 3. The van der Waals surface area contributed by atoms with Gasteiger partial charge in [0, 0.05) is 39.1 Å². The molecule has 0 unspecified atom stereocenters. The fourth-order valence-corrected chi connectivity index (χ4v) is 2.46. The second-order valence-electron chi connectivity index (χ2n) is 5.65. The van der Waals surface area contributed by atoms with Crippen LogP contribution in [0.4, 0.5) is 5.69 Å². The molecule has 0 bridgehead atoms.